The number of esters is 1. The molecule has 5 N–H and O–H groups in total. The van der Waals surface area contributed by atoms with Crippen LogP contribution < -0.4 is 10.1 Å². The first-order valence-electron chi connectivity index (χ1n) is 25.5. The zero-order valence-electron chi connectivity index (χ0n) is 43.4. The Balaban J connectivity index is 1.07. The monoisotopic (exact) mass is 1100 g/mol. The van der Waals surface area contributed by atoms with Crippen molar-refractivity contribution in [1.82, 2.24) is 39.1 Å². The van der Waals surface area contributed by atoms with Crippen molar-refractivity contribution >= 4 is 50.8 Å². The van der Waals surface area contributed by atoms with E-state index in [2.05, 4.69) is 22.4 Å². The summed E-state index contributed by atoms with van der Waals surface area (Å²) in [6.45, 7) is 6.92. The highest BCUT2D eigenvalue weighted by atomic mass is 31.2. The number of imidazole rings is 2. The van der Waals surface area contributed by atoms with Crippen LogP contribution in [0.2, 0.25) is 0 Å². The molecule has 5 aliphatic rings. The van der Waals surface area contributed by atoms with E-state index in [1.165, 1.54) is 18.8 Å². The van der Waals surface area contributed by atoms with Gasteiger partial charge >= 0.3 is 27.7 Å². The van der Waals surface area contributed by atoms with Gasteiger partial charge in [0.15, 0.2) is 6.23 Å². The van der Waals surface area contributed by atoms with Gasteiger partial charge in [0, 0.05) is 41.4 Å². The van der Waals surface area contributed by atoms with Gasteiger partial charge in [-0.2, -0.15) is 0 Å². The number of phosphoric acid groups is 2. The Kier molecular flexibility index (Phi) is 16.2. The van der Waals surface area contributed by atoms with Crippen LogP contribution in [0.3, 0.4) is 0 Å². The Morgan fingerprint density at radius 2 is 1.39 bits per heavy atom. The first-order chi connectivity index (χ1) is 36.7. The molecule has 6 heterocycles. The topological polar surface area (TPSA) is 287 Å². The van der Waals surface area contributed by atoms with Crippen LogP contribution in [-0.4, -0.2) is 117 Å². The molecule has 4 aromatic rings. The number of fused-ring (bicyclic) bond motifs is 5. The third-order valence-corrected chi connectivity index (χ3v) is 15.8. The summed E-state index contributed by atoms with van der Waals surface area (Å²) >= 11 is 0. The number of ether oxygens (including phenoxy) is 3. The maximum absolute atomic E-state index is 14.2. The number of methoxy groups -OCH3 is 2. The van der Waals surface area contributed by atoms with E-state index in [-0.39, 0.29) is 42.0 Å². The number of nitrogens with zero attached hydrogens (tertiary/aromatic N) is 7. The maximum atomic E-state index is 14.2. The molecule has 2 aromatic carbocycles. The van der Waals surface area contributed by atoms with Gasteiger partial charge in [0.05, 0.1) is 68.5 Å². The van der Waals surface area contributed by atoms with E-state index in [0.29, 0.717) is 78.7 Å². The van der Waals surface area contributed by atoms with Crippen LogP contribution in [-0.2, 0) is 55.5 Å². The summed E-state index contributed by atoms with van der Waals surface area (Å²) in [6.07, 6.45) is 12.1. The summed E-state index contributed by atoms with van der Waals surface area (Å²) in [6, 6.07) is 12.9. The van der Waals surface area contributed by atoms with E-state index >= 15 is 0 Å². The highest BCUT2D eigenvalue weighted by Gasteiger charge is 2.45. The van der Waals surface area contributed by atoms with Gasteiger partial charge < -0.3 is 62.9 Å². The molecule has 9 rings (SSSR count). The lowest BCUT2D eigenvalue weighted by atomic mass is 9.90. The van der Waals surface area contributed by atoms with Crippen LogP contribution in [0.15, 0.2) is 85.2 Å². The van der Waals surface area contributed by atoms with Gasteiger partial charge in [0.1, 0.15) is 36.9 Å². The van der Waals surface area contributed by atoms with Crippen LogP contribution >= 0.6 is 15.6 Å². The average molecular weight is 1100 g/mol. The van der Waals surface area contributed by atoms with Crippen molar-refractivity contribution in [2.75, 3.05) is 27.3 Å². The number of nitrogens with one attached hydrogen (secondary N) is 1. The van der Waals surface area contributed by atoms with Crippen molar-refractivity contribution in [3.63, 3.8) is 0 Å². The summed E-state index contributed by atoms with van der Waals surface area (Å²) in [5.74, 6) is -1.29. The minimum absolute atomic E-state index is 0.0981. The fourth-order valence-electron chi connectivity index (χ4n) is 11.1. The van der Waals surface area contributed by atoms with Gasteiger partial charge in [-0.3, -0.25) is 23.4 Å². The van der Waals surface area contributed by atoms with E-state index in [1.54, 1.807) is 40.6 Å². The SMILES string of the molecule is COC(=O)C[C@H](C(=O)N1CCC[C@H]1c1ncc(C2=CC3C=C4c5ccc(-c6cnc([C@@H]7CCCN7C(=O)[C@@H](NC(=O)OC)C(C)C)n6COP(=O)(O)O)cc5O[C@@H](c5ccccc5)N4C3C=C2)n1COP(=O)(O)O)C(C)C. The molecule has 0 spiro atoms. The molecule has 25 heteroatoms. The number of aromatic nitrogens is 4. The number of amides is 3. The molecule has 77 heavy (non-hydrogen) atoms. The predicted octanol–water partition coefficient (Wildman–Crippen LogP) is 6.81. The number of likely N-dealkylation sites (tertiary alicyclic amines) is 2. The smallest absolute Gasteiger partial charge is 0.469 e. The highest BCUT2D eigenvalue weighted by molar-refractivity contribution is 7.46. The van der Waals surface area contributed by atoms with Gasteiger partial charge in [-0.15, -0.1) is 0 Å². The Labute approximate surface area is 445 Å². The van der Waals surface area contributed by atoms with Crippen molar-refractivity contribution < 1.29 is 71.1 Å². The van der Waals surface area contributed by atoms with E-state index < -0.39 is 71.4 Å². The molecule has 4 aliphatic heterocycles. The number of carbonyl (C=O) groups excluding carboxylic acids is 4. The van der Waals surface area contributed by atoms with Crippen LogP contribution in [0.25, 0.3) is 22.5 Å². The predicted molar refractivity (Wildman–Crippen MR) is 277 cm³/mol. The number of benzene rings is 2. The number of hydrogen-bond donors (Lipinski definition) is 5. The molecule has 7 atom stereocenters. The molecular formula is C52H64N8O15P2. The standard InChI is InChI=1S/C52H64N8O15P2/c1-30(2)37(25-45(61)71-5)49(62)56-20-10-14-39(56)47-53-26-42(58(47)28-73-76(65,66)67)33-17-19-38-35(22-33)23-41-36-18-16-34(24-44(36)75-51(60(38)41)32-12-8-7-9-13-32)43-27-54-48(59(43)29-74-77(68,69)70)40-15-11-21-57(40)50(63)46(31(3)4)55-52(64)72-6/h7-9,12-13,16-19,22-24,26-27,30-31,35,37-40,46,51H,10-11,14-15,20-21,25,28-29H2,1-6H3,(H,55,64)(H2,65,66,67)(H2,68,69,70)/t35?,37-,38?,39-,40-,46-,51-/m0/s1. The first kappa shape index (κ1) is 55.3. The van der Waals surface area contributed by atoms with Gasteiger partial charge in [-0.05, 0) is 55.2 Å². The quantitative estimate of drug-likeness (QED) is 0.0505. The van der Waals surface area contributed by atoms with E-state index in [0.717, 1.165) is 16.8 Å². The largest absolute Gasteiger partial charge is 0.471 e. The molecule has 23 nitrogen and oxygen atoms in total. The second kappa shape index (κ2) is 22.5. The second-order valence-corrected chi connectivity index (χ2v) is 22.8. The molecule has 2 unspecified atom stereocenters. The van der Waals surface area contributed by atoms with Crippen molar-refractivity contribution in [3.05, 3.63) is 114 Å². The molecular weight excluding hydrogens is 1040 g/mol. The second-order valence-electron chi connectivity index (χ2n) is 20.3. The molecule has 2 aromatic heterocycles. The van der Waals surface area contributed by atoms with Crippen LogP contribution in [0.1, 0.15) is 107 Å². The zero-order valence-corrected chi connectivity index (χ0v) is 45.2. The number of allylic oxidation sites excluding steroid dienone is 2. The number of rotatable bonds is 18. The summed E-state index contributed by atoms with van der Waals surface area (Å²) < 4.78 is 54.5. The average Bonchev–Trinajstić information content (AvgIpc) is 4.42. The lowest BCUT2D eigenvalue weighted by Gasteiger charge is -2.42. The van der Waals surface area contributed by atoms with Gasteiger partial charge in [-0.1, -0.05) is 88.4 Å². The van der Waals surface area contributed by atoms with Crippen molar-refractivity contribution in [2.45, 2.75) is 104 Å². The Morgan fingerprint density at radius 3 is 1.97 bits per heavy atom. The fourth-order valence-corrected chi connectivity index (χ4v) is 11.6. The third-order valence-electron chi connectivity index (χ3n) is 14.9. The number of phosphoric ester groups is 2. The summed E-state index contributed by atoms with van der Waals surface area (Å²) in [7, 11) is -7.49. The molecule has 0 saturated carbocycles. The fraction of sp³-hybridized carbons (Fsp3) is 0.462. The Bertz CT molecular complexity index is 3090. The number of alkyl carbamates (subject to hydrolysis) is 1. The summed E-state index contributed by atoms with van der Waals surface area (Å²) in [5.41, 5.74) is 4.66. The van der Waals surface area contributed by atoms with Crippen molar-refractivity contribution in [1.29, 1.82) is 0 Å². The summed E-state index contributed by atoms with van der Waals surface area (Å²) in [5, 5.41) is 2.64. The molecule has 2 saturated heterocycles. The summed E-state index contributed by atoms with van der Waals surface area (Å²) in [4.78, 5) is 108. The van der Waals surface area contributed by atoms with Crippen LogP contribution in [0.5, 0.6) is 5.75 Å². The number of hydrogen-bond acceptors (Lipinski definition) is 14. The van der Waals surface area contributed by atoms with Crippen LogP contribution in [0.4, 0.5) is 4.79 Å². The minimum atomic E-state index is -5.01. The van der Waals surface area contributed by atoms with Gasteiger partial charge in [0.25, 0.3) is 0 Å². The maximum Gasteiger partial charge on any atom is 0.471 e. The lowest BCUT2D eigenvalue weighted by molar-refractivity contribution is -0.148. The first-order valence-corrected chi connectivity index (χ1v) is 28.5. The molecule has 412 valence electrons. The molecule has 0 bridgehead atoms. The minimum Gasteiger partial charge on any atom is -0.469 e. The van der Waals surface area contributed by atoms with Crippen LogP contribution in [0, 0.1) is 23.7 Å². The lowest BCUT2D eigenvalue weighted by Crippen LogP contribution is -2.51. The Hall–Kier alpha value is -6.42. The van der Waals surface area contributed by atoms with Crippen molar-refractivity contribution in [2.24, 2.45) is 23.7 Å². The molecule has 2 fully saturated rings. The molecule has 0 radical (unpaired) electrons. The Morgan fingerprint density at radius 1 is 0.779 bits per heavy atom. The van der Waals surface area contributed by atoms with Crippen molar-refractivity contribution in [3.8, 4) is 17.0 Å². The highest BCUT2D eigenvalue weighted by Crippen LogP contribution is 2.52. The van der Waals surface area contributed by atoms with Gasteiger partial charge in [-0.25, -0.2) is 23.9 Å². The van der Waals surface area contributed by atoms with Gasteiger partial charge in [0.2, 0.25) is 11.8 Å². The third kappa shape index (κ3) is 11.6. The van der Waals surface area contributed by atoms with E-state index in [4.69, 9.17) is 33.2 Å². The zero-order chi connectivity index (χ0) is 55.1. The molecule has 1 aliphatic carbocycles. The molecule has 3 amide bonds. The van der Waals surface area contributed by atoms with E-state index in [9.17, 15) is 47.9 Å². The normalized spacial score (nSPS) is 21.8. The van der Waals surface area contributed by atoms with E-state index in [1.807, 2.05) is 74.5 Å². The number of carbonyl (C=O) groups is 4.